The molecule has 0 aromatic heterocycles. The fourth-order valence-electron chi connectivity index (χ4n) is 10.2. The van der Waals surface area contributed by atoms with Gasteiger partial charge in [0.25, 0.3) is 0 Å². The van der Waals surface area contributed by atoms with E-state index in [0.29, 0.717) is 25.0 Å². The Bertz CT molecular complexity index is 1070. The second-order valence-corrected chi connectivity index (χ2v) is 18.9. The van der Waals surface area contributed by atoms with E-state index in [9.17, 15) is 30.6 Å². The van der Waals surface area contributed by atoms with E-state index in [1.807, 2.05) is 0 Å². The molecule has 2 heterocycles. The molecule has 2 bridgehead atoms. The predicted octanol–water partition coefficient (Wildman–Crippen LogP) is 7.38. The maximum absolute atomic E-state index is 11.5. The number of aliphatic hydroxyl groups excluding tert-OH is 6. The molecule has 2 aliphatic carbocycles. The maximum atomic E-state index is 11.5. The minimum atomic E-state index is -1.55. The molecule has 1 saturated carbocycles. The zero-order chi connectivity index (χ0) is 40.2. The van der Waals surface area contributed by atoms with Crippen LogP contribution in [-0.2, 0) is 14.2 Å². The molecule has 10 atom stereocenters. The smallest absolute Gasteiger partial charge is 0.186 e. The van der Waals surface area contributed by atoms with Crippen LogP contribution in [0, 0.1) is 11.3 Å². The SMILES string of the molecule is CCCCCCCCCCCCCC[C@@H](O)[C@@H](O)[C@H](COC1OC(CO)C(O)C(O)C1O)NC1(CCCCCCCCCCC23CC=C(CC(C)C2)C3)COC1. The summed E-state index contributed by atoms with van der Waals surface area (Å²) in [5.41, 5.74) is 1.96. The van der Waals surface area contributed by atoms with Gasteiger partial charge in [-0.2, -0.15) is 0 Å². The van der Waals surface area contributed by atoms with Gasteiger partial charge in [0, 0.05) is 0 Å². The molecule has 7 N–H and O–H groups in total. The molecule has 0 aromatic carbocycles. The predicted molar refractivity (Wildman–Crippen MR) is 222 cm³/mol. The van der Waals surface area contributed by atoms with Crippen molar-refractivity contribution in [2.24, 2.45) is 11.3 Å². The van der Waals surface area contributed by atoms with Gasteiger partial charge in [0.05, 0.1) is 50.2 Å². The summed E-state index contributed by atoms with van der Waals surface area (Å²) in [5.74, 6) is 0.861. The van der Waals surface area contributed by atoms with Crippen molar-refractivity contribution in [1.82, 2.24) is 5.32 Å². The van der Waals surface area contributed by atoms with Crippen LogP contribution in [0.3, 0.4) is 0 Å². The number of aliphatic hydroxyl groups is 6. The van der Waals surface area contributed by atoms with Crippen LogP contribution in [-0.4, -0.2) is 112 Å². The Morgan fingerprint density at radius 1 is 0.768 bits per heavy atom. The van der Waals surface area contributed by atoms with Crippen LogP contribution in [0.15, 0.2) is 11.6 Å². The van der Waals surface area contributed by atoms with Crippen LogP contribution in [0.4, 0.5) is 0 Å². The fraction of sp³-hybridized carbons (Fsp3) is 0.957. The first-order valence-electron chi connectivity index (χ1n) is 23.4. The number of ether oxygens (including phenoxy) is 3. The lowest BCUT2D eigenvalue weighted by atomic mass is 9.69. The van der Waals surface area contributed by atoms with Crippen LogP contribution in [0.25, 0.3) is 0 Å². The summed E-state index contributed by atoms with van der Waals surface area (Å²) in [4.78, 5) is 0. The Kier molecular flexibility index (Phi) is 22.2. The topological polar surface area (TPSA) is 161 Å². The van der Waals surface area contributed by atoms with Gasteiger partial charge in [-0.15, -0.1) is 0 Å². The van der Waals surface area contributed by atoms with Crippen molar-refractivity contribution in [2.45, 2.75) is 242 Å². The highest BCUT2D eigenvalue weighted by Gasteiger charge is 2.46. The highest BCUT2D eigenvalue weighted by Crippen LogP contribution is 2.52. The maximum Gasteiger partial charge on any atom is 0.186 e. The lowest BCUT2D eigenvalue weighted by molar-refractivity contribution is -0.303. The van der Waals surface area contributed by atoms with E-state index in [4.69, 9.17) is 14.2 Å². The average molecular weight is 796 g/mol. The Morgan fingerprint density at radius 3 is 1.91 bits per heavy atom. The number of hydrogen-bond donors (Lipinski definition) is 7. The number of allylic oxidation sites excluding steroid dienone is 2. The average Bonchev–Trinajstić information content (AvgIpc) is 3.48. The van der Waals surface area contributed by atoms with Gasteiger partial charge in [0.15, 0.2) is 6.29 Å². The van der Waals surface area contributed by atoms with E-state index in [0.717, 1.165) is 44.4 Å². The van der Waals surface area contributed by atoms with Gasteiger partial charge in [-0.3, -0.25) is 5.32 Å². The first-order valence-corrected chi connectivity index (χ1v) is 23.4. The monoisotopic (exact) mass is 796 g/mol. The van der Waals surface area contributed by atoms with Crippen molar-refractivity contribution in [3.63, 3.8) is 0 Å². The molecular weight excluding hydrogens is 711 g/mol. The van der Waals surface area contributed by atoms with Crippen molar-refractivity contribution in [1.29, 1.82) is 0 Å². The van der Waals surface area contributed by atoms with Crippen molar-refractivity contribution < 1.29 is 44.8 Å². The van der Waals surface area contributed by atoms with Crippen LogP contribution in [0.5, 0.6) is 0 Å². The summed E-state index contributed by atoms with van der Waals surface area (Å²) in [7, 11) is 0. The molecule has 56 heavy (non-hydrogen) atoms. The first-order chi connectivity index (χ1) is 27.1. The lowest BCUT2D eigenvalue weighted by Gasteiger charge is -2.46. The Labute approximate surface area is 340 Å². The molecule has 328 valence electrons. The van der Waals surface area contributed by atoms with Crippen LogP contribution >= 0.6 is 0 Å². The minimum absolute atomic E-state index is 0.112. The third-order valence-corrected chi connectivity index (χ3v) is 13.6. The highest BCUT2D eigenvalue weighted by molar-refractivity contribution is 5.19. The highest BCUT2D eigenvalue weighted by atomic mass is 16.7. The molecule has 10 heteroatoms. The molecule has 0 radical (unpaired) electrons. The lowest BCUT2D eigenvalue weighted by Crippen LogP contribution is -2.67. The Morgan fingerprint density at radius 2 is 1.34 bits per heavy atom. The zero-order valence-electron chi connectivity index (χ0n) is 35.6. The van der Waals surface area contributed by atoms with Crippen molar-refractivity contribution >= 4 is 0 Å². The molecule has 4 rings (SSSR count). The fourth-order valence-corrected chi connectivity index (χ4v) is 10.2. The van der Waals surface area contributed by atoms with Gasteiger partial charge in [-0.25, -0.2) is 0 Å². The van der Waals surface area contributed by atoms with E-state index >= 15 is 0 Å². The minimum Gasteiger partial charge on any atom is -0.394 e. The van der Waals surface area contributed by atoms with Gasteiger partial charge in [-0.05, 0) is 56.3 Å². The standard InChI is InChI=1S/C46H85NO9/c1-3-4-5-6-7-8-9-10-11-14-17-20-23-38(49)40(50)37(32-55-44-43(53)42(52)41(51)39(31-48)56-44)47-46(33-54-34-46)26-22-19-16-13-12-15-18-21-25-45-27-24-36(30-45)28-35(2)29-45/h24,35,37-44,47-53H,3-23,25-34H2,1-2H3/t35?,37-,38+,39?,40-,41?,42?,43?,44?,45?/m0/s1. The summed E-state index contributed by atoms with van der Waals surface area (Å²) < 4.78 is 17.2. The molecular formula is C46H85NO9. The summed E-state index contributed by atoms with van der Waals surface area (Å²) in [6.45, 7) is 5.02. The van der Waals surface area contributed by atoms with E-state index in [-0.39, 0.29) is 12.1 Å². The summed E-state index contributed by atoms with van der Waals surface area (Å²) in [6, 6.07) is -0.693. The number of hydrogen-bond acceptors (Lipinski definition) is 10. The summed E-state index contributed by atoms with van der Waals surface area (Å²) in [5, 5.41) is 67.0. The largest absolute Gasteiger partial charge is 0.394 e. The Balaban J connectivity index is 1.16. The van der Waals surface area contributed by atoms with Crippen LogP contribution < -0.4 is 5.32 Å². The molecule has 10 nitrogen and oxygen atoms in total. The van der Waals surface area contributed by atoms with E-state index in [2.05, 4.69) is 25.2 Å². The first kappa shape index (κ1) is 48.0. The number of fused-ring (bicyclic) bond motifs is 2. The Hall–Kier alpha value is -0.660. The molecule has 7 unspecified atom stereocenters. The molecule has 2 saturated heterocycles. The van der Waals surface area contributed by atoms with Crippen molar-refractivity contribution in [3.8, 4) is 0 Å². The molecule has 3 fully saturated rings. The van der Waals surface area contributed by atoms with E-state index in [1.54, 1.807) is 5.57 Å². The van der Waals surface area contributed by atoms with Gasteiger partial charge in [-0.1, -0.05) is 154 Å². The summed E-state index contributed by atoms with van der Waals surface area (Å²) in [6.07, 6.45) is 26.3. The van der Waals surface area contributed by atoms with E-state index < -0.39 is 55.6 Å². The third kappa shape index (κ3) is 15.7. The second kappa shape index (κ2) is 25.8. The number of rotatable bonds is 32. The van der Waals surface area contributed by atoms with Crippen LogP contribution in [0.2, 0.25) is 0 Å². The molecule has 4 aliphatic rings. The zero-order valence-corrected chi connectivity index (χ0v) is 35.6. The molecule has 0 aromatic rings. The third-order valence-electron chi connectivity index (χ3n) is 13.6. The molecule has 0 amide bonds. The normalized spacial score (nSPS) is 30.2. The van der Waals surface area contributed by atoms with Gasteiger partial charge < -0.3 is 44.8 Å². The molecule has 0 spiro atoms. The number of nitrogens with one attached hydrogen (secondary N) is 1. The van der Waals surface area contributed by atoms with Gasteiger partial charge >= 0.3 is 0 Å². The van der Waals surface area contributed by atoms with Crippen LogP contribution in [0.1, 0.15) is 187 Å². The van der Waals surface area contributed by atoms with E-state index in [1.165, 1.54) is 128 Å². The molecule has 2 aliphatic heterocycles. The number of unbranched alkanes of at least 4 members (excludes halogenated alkanes) is 18. The van der Waals surface area contributed by atoms with Gasteiger partial charge in [0.1, 0.15) is 24.4 Å². The van der Waals surface area contributed by atoms with Crippen molar-refractivity contribution in [3.05, 3.63) is 11.6 Å². The van der Waals surface area contributed by atoms with Crippen molar-refractivity contribution in [2.75, 3.05) is 26.4 Å². The quantitative estimate of drug-likeness (QED) is 0.0270. The summed E-state index contributed by atoms with van der Waals surface area (Å²) >= 11 is 0. The second-order valence-electron chi connectivity index (χ2n) is 18.9. The van der Waals surface area contributed by atoms with Gasteiger partial charge in [0.2, 0.25) is 0 Å².